The smallest absolute Gasteiger partial charge is 0.0132 e. The molecule has 0 amide bonds. The summed E-state index contributed by atoms with van der Waals surface area (Å²) in [6.07, 6.45) is 6.86. The Morgan fingerprint density at radius 1 is 1.20 bits per heavy atom. The summed E-state index contributed by atoms with van der Waals surface area (Å²) in [7, 11) is 0. The largest absolute Gasteiger partial charge is 0.0840 e. The zero-order chi connectivity index (χ0) is 11.3. The van der Waals surface area contributed by atoms with Crippen molar-refractivity contribution in [3.8, 4) is 0 Å². The van der Waals surface area contributed by atoms with E-state index in [0.717, 1.165) is 0 Å². The van der Waals surface area contributed by atoms with Crippen LogP contribution in [0.2, 0.25) is 0 Å². The average molecular weight is 202 g/mol. The molecule has 1 aromatic rings. The van der Waals surface area contributed by atoms with E-state index in [2.05, 4.69) is 64.1 Å². The van der Waals surface area contributed by atoms with Gasteiger partial charge in [-0.15, -0.1) is 0 Å². The minimum absolute atomic E-state index is 0.245. The molecule has 1 aromatic carbocycles. The van der Waals surface area contributed by atoms with E-state index >= 15 is 0 Å². The van der Waals surface area contributed by atoms with Crippen molar-refractivity contribution in [1.29, 1.82) is 0 Å². The maximum absolute atomic E-state index is 2.28. The van der Waals surface area contributed by atoms with Gasteiger partial charge in [0.15, 0.2) is 0 Å². The van der Waals surface area contributed by atoms with Crippen molar-refractivity contribution < 1.29 is 0 Å². The lowest BCUT2D eigenvalue weighted by Crippen LogP contribution is -2.10. The highest BCUT2D eigenvalue weighted by Crippen LogP contribution is 2.23. The number of hydrogen-bond donors (Lipinski definition) is 0. The first kappa shape index (κ1) is 12.0. The number of allylic oxidation sites excluding steroid dienone is 1. The number of rotatable bonds is 3. The predicted molar refractivity (Wildman–Crippen MR) is 69.1 cm³/mol. The molecule has 0 fully saturated rings. The molecule has 0 aliphatic rings. The summed E-state index contributed by atoms with van der Waals surface area (Å²) < 4.78 is 0. The first-order chi connectivity index (χ1) is 7.04. The van der Waals surface area contributed by atoms with E-state index in [0.29, 0.717) is 0 Å². The van der Waals surface area contributed by atoms with E-state index in [4.69, 9.17) is 0 Å². The maximum atomic E-state index is 2.28. The molecule has 0 heterocycles. The zero-order valence-electron chi connectivity index (χ0n) is 10.4. The van der Waals surface area contributed by atoms with E-state index in [1.807, 2.05) is 0 Å². The molecule has 0 saturated carbocycles. The van der Waals surface area contributed by atoms with Gasteiger partial charge in [0.05, 0.1) is 0 Å². The SMILES string of the molecule is CCC/C=C/c1cccc(C(C)(C)C)c1. The monoisotopic (exact) mass is 202 g/mol. The van der Waals surface area contributed by atoms with Crippen molar-refractivity contribution in [1.82, 2.24) is 0 Å². The van der Waals surface area contributed by atoms with Gasteiger partial charge in [0.2, 0.25) is 0 Å². The van der Waals surface area contributed by atoms with Gasteiger partial charge in [0.1, 0.15) is 0 Å². The minimum atomic E-state index is 0.245. The molecule has 0 N–H and O–H groups in total. The van der Waals surface area contributed by atoms with Crippen LogP contribution in [-0.4, -0.2) is 0 Å². The highest BCUT2D eigenvalue weighted by Gasteiger charge is 2.12. The lowest BCUT2D eigenvalue weighted by atomic mass is 9.86. The van der Waals surface area contributed by atoms with E-state index in [9.17, 15) is 0 Å². The maximum Gasteiger partial charge on any atom is -0.0132 e. The molecule has 1 rings (SSSR count). The zero-order valence-corrected chi connectivity index (χ0v) is 10.4. The Labute approximate surface area is 94.0 Å². The van der Waals surface area contributed by atoms with Crippen molar-refractivity contribution in [2.45, 2.75) is 46.0 Å². The first-order valence-electron chi connectivity index (χ1n) is 5.81. The van der Waals surface area contributed by atoms with Crippen LogP contribution in [0, 0.1) is 0 Å². The fourth-order valence-corrected chi connectivity index (χ4v) is 1.49. The van der Waals surface area contributed by atoms with Crippen molar-refractivity contribution in [2.24, 2.45) is 0 Å². The van der Waals surface area contributed by atoms with Crippen LogP contribution in [0.4, 0.5) is 0 Å². The summed E-state index contributed by atoms with van der Waals surface area (Å²) in [6.45, 7) is 8.96. The molecule has 0 unspecified atom stereocenters. The number of hydrogen-bond acceptors (Lipinski definition) is 0. The molecule has 0 nitrogen and oxygen atoms in total. The Morgan fingerprint density at radius 2 is 1.93 bits per heavy atom. The highest BCUT2D eigenvalue weighted by molar-refractivity contribution is 5.51. The van der Waals surface area contributed by atoms with Crippen molar-refractivity contribution in [3.05, 3.63) is 41.5 Å². The molecular formula is C15H22. The van der Waals surface area contributed by atoms with Gasteiger partial charge in [0.25, 0.3) is 0 Å². The van der Waals surface area contributed by atoms with Crippen LogP contribution in [0.5, 0.6) is 0 Å². The molecule has 0 radical (unpaired) electrons. The summed E-state index contributed by atoms with van der Waals surface area (Å²) in [5.74, 6) is 0. The Kier molecular flexibility index (Phi) is 4.14. The fourth-order valence-electron chi connectivity index (χ4n) is 1.49. The average Bonchev–Trinajstić information content (AvgIpc) is 2.17. The molecular weight excluding hydrogens is 180 g/mol. The Bertz CT molecular complexity index is 326. The molecule has 0 atom stereocenters. The van der Waals surface area contributed by atoms with E-state index in [1.165, 1.54) is 24.0 Å². The lowest BCUT2D eigenvalue weighted by molar-refractivity contribution is 0.590. The van der Waals surface area contributed by atoms with Gasteiger partial charge in [-0.05, 0) is 23.0 Å². The molecule has 0 aromatic heterocycles. The van der Waals surface area contributed by atoms with Gasteiger partial charge in [-0.2, -0.15) is 0 Å². The van der Waals surface area contributed by atoms with Crippen LogP contribution >= 0.6 is 0 Å². The predicted octanol–water partition coefficient (Wildman–Crippen LogP) is 4.80. The summed E-state index contributed by atoms with van der Waals surface area (Å²) >= 11 is 0. The van der Waals surface area contributed by atoms with Crippen molar-refractivity contribution in [2.75, 3.05) is 0 Å². The fraction of sp³-hybridized carbons (Fsp3) is 0.467. The molecule has 0 spiro atoms. The van der Waals surface area contributed by atoms with Gasteiger partial charge in [-0.1, -0.05) is 70.5 Å². The number of benzene rings is 1. The Hall–Kier alpha value is -1.04. The third-order valence-corrected chi connectivity index (χ3v) is 2.52. The van der Waals surface area contributed by atoms with E-state index < -0.39 is 0 Å². The van der Waals surface area contributed by atoms with Gasteiger partial charge < -0.3 is 0 Å². The van der Waals surface area contributed by atoms with Crippen LogP contribution in [0.15, 0.2) is 30.3 Å². The van der Waals surface area contributed by atoms with Crippen LogP contribution in [0.1, 0.15) is 51.7 Å². The quantitative estimate of drug-likeness (QED) is 0.660. The van der Waals surface area contributed by atoms with Crippen LogP contribution in [-0.2, 0) is 5.41 Å². The van der Waals surface area contributed by atoms with E-state index in [1.54, 1.807) is 0 Å². The normalized spacial score (nSPS) is 12.3. The topological polar surface area (TPSA) is 0 Å². The number of unbranched alkanes of at least 4 members (excludes halogenated alkanes) is 1. The molecule has 0 bridgehead atoms. The summed E-state index contributed by atoms with van der Waals surface area (Å²) in [5, 5.41) is 0. The van der Waals surface area contributed by atoms with Crippen LogP contribution in [0.3, 0.4) is 0 Å². The van der Waals surface area contributed by atoms with Crippen molar-refractivity contribution >= 4 is 6.08 Å². The molecule has 0 aliphatic carbocycles. The molecule has 15 heavy (non-hydrogen) atoms. The Morgan fingerprint density at radius 3 is 2.53 bits per heavy atom. The van der Waals surface area contributed by atoms with E-state index in [-0.39, 0.29) is 5.41 Å². The first-order valence-corrected chi connectivity index (χ1v) is 5.81. The minimum Gasteiger partial charge on any atom is -0.0840 e. The molecule has 0 heteroatoms. The second-order valence-corrected chi connectivity index (χ2v) is 5.07. The second kappa shape index (κ2) is 5.16. The summed E-state index contributed by atoms with van der Waals surface area (Å²) in [4.78, 5) is 0. The standard InChI is InChI=1S/C15H22/c1-5-6-7-9-13-10-8-11-14(12-13)15(2,3)4/h7-12H,5-6H2,1-4H3/b9-7+. The third kappa shape index (κ3) is 3.91. The molecule has 0 saturated heterocycles. The van der Waals surface area contributed by atoms with Gasteiger partial charge >= 0.3 is 0 Å². The molecule has 82 valence electrons. The highest BCUT2D eigenvalue weighted by atomic mass is 14.2. The van der Waals surface area contributed by atoms with Crippen LogP contribution in [0.25, 0.3) is 6.08 Å². The van der Waals surface area contributed by atoms with Crippen molar-refractivity contribution in [3.63, 3.8) is 0 Å². The molecule has 0 aliphatic heterocycles. The Balaban J connectivity index is 2.84. The third-order valence-electron chi connectivity index (χ3n) is 2.52. The summed E-state index contributed by atoms with van der Waals surface area (Å²) in [5.41, 5.74) is 2.96. The summed E-state index contributed by atoms with van der Waals surface area (Å²) in [6, 6.07) is 8.80. The van der Waals surface area contributed by atoms with Gasteiger partial charge in [-0.25, -0.2) is 0 Å². The van der Waals surface area contributed by atoms with Gasteiger partial charge in [-0.3, -0.25) is 0 Å². The van der Waals surface area contributed by atoms with Gasteiger partial charge in [0, 0.05) is 0 Å². The second-order valence-electron chi connectivity index (χ2n) is 5.07. The lowest BCUT2D eigenvalue weighted by Gasteiger charge is -2.19. The van der Waals surface area contributed by atoms with Crippen LogP contribution < -0.4 is 0 Å².